The maximum Gasteiger partial charge on any atom is 0.317 e. The van der Waals surface area contributed by atoms with Crippen molar-refractivity contribution in [3.05, 3.63) is 0 Å². The largest absolute Gasteiger partial charge is 0.376 e. The highest BCUT2D eigenvalue weighted by Gasteiger charge is 2.24. The molecule has 0 aromatic carbocycles. The van der Waals surface area contributed by atoms with Gasteiger partial charge in [-0.05, 0) is 26.7 Å². The van der Waals surface area contributed by atoms with E-state index in [-0.39, 0.29) is 29.7 Å². The van der Waals surface area contributed by atoms with Gasteiger partial charge in [0.05, 0.1) is 11.9 Å². The number of carbonyl (C=O) groups is 1. The Bertz CT molecular complexity index is 405. The minimum atomic E-state index is -3.08. The number of hydrogen-bond acceptors (Lipinski definition) is 4. The highest BCUT2D eigenvalue weighted by molar-refractivity contribution is 7.91. The van der Waals surface area contributed by atoms with Crippen LogP contribution in [0.5, 0.6) is 0 Å². The van der Waals surface area contributed by atoms with E-state index in [1.807, 2.05) is 6.92 Å². The second-order valence-electron chi connectivity index (χ2n) is 5.16. The van der Waals surface area contributed by atoms with Crippen molar-refractivity contribution in [1.29, 1.82) is 0 Å². The maximum absolute atomic E-state index is 12.1. The van der Waals surface area contributed by atoms with E-state index in [4.69, 9.17) is 4.74 Å². The fourth-order valence-electron chi connectivity index (χ4n) is 2.34. The molecule has 118 valence electrons. The molecule has 1 heterocycles. The zero-order valence-electron chi connectivity index (χ0n) is 12.6. The summed E-state index contributed by atoms with van der Waals surface area (Å²) in [7, 11) is -3.08. The van der Waals surface area contributed by atoms with E-state index in [1.165, 1.54) is 0 Å². The zero-order valence-corrected chi connectivity index (χ0v) is 13.4. The summed E-state index contributed by atoms with van der Waals surface area (Å²) in [5.74, 6) is 0.108. The average molecular weight is 306 g/mol. The third-order valence-electron chi connectivity index (χ3n) is 3.57. The summed E-state index contributed by atoms with van der Waals surface area (Å²) >= 11 is 0. The fraction of sp³-hybridized carbons (Fsp3) is 0.923. The fourth-order valence-corrected chi connectivity index (χ4v) is 3.49. The summed E-state index contributed by atoms with van der Waals surface area (Å²) in [5.41, 5.74) is 0. The second kappa shape index (κ2) is 7.83. The lowest BCUT2D eigenvalue weighted by Gasteiger charge is -2.28. The van der Waals surface area contributed by atoms with Crippen LogP contribution in [0.4, 0.5) is 4.79 Å². The van der Waals surface area contributed by atoms with E-state index in [1.54, 1.807) is 18.7 Å². The molecular weight excluding hydrogens is 280 g/mol. The number of amides is 2. The predicted molar refractivity (Wildman–Crippen MR) is 78.5 cm³/mol. The molecule has 1 rings (SSSR count). The third kappa shape index (κ3) is 5.28. The Morgan fingerprint density at radius 2 is 2.15 bits per heavy atom. The first-order valence-electron chi connectivity index (χ1n) is 7.26. The molecule has 0 spiro atoms. The molecule has 1 fully saturated rings. The second-order valence-corrected chi connectivity index (χ2v) is 7.55. The molecule has 1 N–H and O–H groups in total. The van der Waals surface area contributed by atoms with Crippen LogP contribution >= 0.6 is 0 Å². The van der Waals surface area contributed by atoms with Gasteiger partial charge >= 0.3 is 6.03 Å². The summed E-state index contributed by atoms with van der Waals surface area (Å²) in [6.45, 7) is 6.96. The molecule has 0 saturated carbocycles. The van der Waals surface area contributed by atoms with Gasteiger partial charge in [0.25, 0.3) is 0 Å². The topological polar surface area (TPSA) is 75.7 Å². The van der Waals surface area contributed by atoms with Crippen LogP contribution in [0.1, 0.15) is 33.6 Å². The molecule has 0 aliphatic carbocycles. The van der Waals surface area contributed by atoms with Crippen LogP contribution in [-0.2, 0) is 14.6 Å². The van der Waals surface area contributed by atoms with Crippen molar-refractivity contribution in [2.24, 2.45) is 0 Å². The Hall–Kier alpha value is -0.820. The van der Waals surface area contributed by atoms with Crippen LogP contribution < -0.4 is 5.32 Å². The molecule has 0 aromatic heterocycles. The van der Waals surface area contributed by atoms with Gasteiger partial charge in [-0.25, -0.2) is 13.2 Å². The van der Waals surface area contributed by atoms with Gasteiger partial charge in [0.1, 0.15) is 0 Å². The Kier molecular flexibility index (Phi) is 6.75. The van der Waals surface area contributed by atoms with Crippen LogP contribution in [0.25, 0.3) is 0 Å². The van der Waals surface area contributed by atoms with Gasteiger partial charge in [-0.2, -0.15) is 0 Å². The summed E-state index contributed by atoms with van der Waals surface area (Å²) in [5, 5.41) is 2.83. The molecule has 2 unspecified atom stereocenters. The van der Waals surface area contributed by atoms with Crippen molar-refractivity contribution in [1.82, 2.24) is 10.2 Å². The molecule has 20 heavy (non-hydrogen) atoms. The number of ether oxygens (including phenoxy) is 1. The molecule has 2 atom stereocenters. The highest BCUT2D eigenvalue weighted by atomic mass is 32.2. The number of urea groups is 1. The first kappa shape index (κ1) is 17.2. The highest BCUT2D eigenvalue weighted by Crippen LogP contribution is 2.11. The standard InChI is InChI=1S/C13H26N2O4S/c1-4-15(11(3)10-20(17,18)5-2)13(16)14-9-12-7-6-8-19-12/h11-12H,4-10H2,1-3H3,(H,14,16). The summed E-state index contributed by atoms with van der Waals surface area (Å²) in [6, 6.07) is -0.545. The maximum atomic E-state index is 12.1. The molecule has 7 heteroatoms. The van der Waals surface area contributed by atoms with Gasteiger partial charge in [-0.15, -0.1) is 0 Å². The van der Waals surface area contributed by atoms with Crippen molar-refractivity contribution < 1.29 is 17.9 Å². The van der Waals surface area contributed by atoms with Gasteiger partial charge in [0.15, 0.2) is 9.84 Å². The Morgan fingerprint density at radius 3 is 2.65 bits per heavy atom. The van der Waals surface area contributed by atoms with E-state index >= 15 is 0 Å². The predicted octanol–water partition coefficient (Wildman–Crippen LogP) is 1.02. The molecule has 1 aliphatic heterocycles. The van der Waals surface area contributed by atoms with Crippen molar-refractivity contribution in [3.63, 3.8) is 0 Å². The molecule has 0 bridgehead atoms. The van der Waals surface area contributed by atoms with E-state index in [9.17, 15) is 13.2 Å². The lowest BCUT2D eigenvalue weighted by Crippen LogP contribution is -2.49. The SMILES string of the molecule is CCN(C(=O)NCC1CCCO1)C(C)CS(=O)(=O)CC. The van der Waals surface area contributed by atoms with Crippen LogP contribution in [0, 0.1) is 0 Å². The summed E-state index contributed by atoms with van der Waals surface area (Å²) in [6.07, 6.45) is 2.09. The molecule has 1 saturated heterocycles. The first-order valence-corrected chi connectivity index (χ1v) is 9.08. The van der Waals surface area contributed by atoms with Crippen LogP contribution in [0.15, 0.2) is 0 Å². The molecule has 6 nitrogen and oxygen atoms in total. The van der Waals surface area contributed by atoms with Gasteiger partial charge in [0.2, 0.25) is 0 Å². The number of nitrogens with zero attached hydrogens (tertiary/aromatic N) is 1. The molecule has 0 radical (unpaired) electrons. The molecule has 2 amide bonds. The van der Waals surface area contributed by atoms with Crippen LogP contribution in [-0.4, -0.2) is 62.7 Å². The summed E-state index contributed by atoms with van der Waals surface area (Å²) < 4.78 is 28.7. The molecule has 0 aromatic rings. The van der Waals surface area contributed by atoms with Crippen molar-refractivity contribution in [2.45, 2.75) is 45.8 Å². The normalized spacial score (nSPS) is 20.6. The van der Waals surface area contributed by atoms with E-state index < -0.39 is 9.84 Å². The Balaban J connectivity index is 2.48. The number of carbonyl (C=O) groups excluding carboxylic acids is 1. The number of hydrogen-bond donors (Lipinski definition) is 1. The molecular formula is C13H26N2O4S. The van der Waals surface area contributed by atoms with Gasteiger partial charge < -0.3 is 15.0 Å². The minimum Gasteiger partial charge on any atom is -0.376 e. The van der Waals surface area contributed by atoms with Gasteiger partial charge in [-0.1, -0.05) is 6.92 Å². The number of rotatable bonds is 7. The Labute approximate surface area is 121 Å². The number of nitrogens with one attached hydrogen (secondary N) is 1. The Morgan fingerprint density at radius 1 is 1.45 bits per heavy atom. The van der Waals surface area contributed by atoms with E-state index in [0.717, 1.165) is 19.4 Å². The van der Waals surface area contributed by atoms with Crippen molar-refractivity contribution in [3.8, 4) is 0 Å². The lowest BCUT2D eigenvalue weighted by atomic mass is 10.2. The van der Waals surface area contributed by atoms with Crippen LogP contribution in [0.3, 0.4) is 0 Å². The summed E-state index contributed by atoms with van der Waals surface area (Å²) in [4.78, 5) is 13.7. The van der Waals surface area contributed by atoms with E-state index in [0.29, 0.717) is 13.1 Å². The third-order valence-corrected chi connectivity index (χ3v) is 5.44. The van der Waals surface area contributed by atoms with Gasteiger partial charge in [0, 0.05) is 31.5 Å². The monoisotopic (exact) mass is 306 g/mol. The first-order chi connectivity index (χ1) is 9.39. The lowest BCUT2D eigenvalue weighted by molar-refractivity contribution is 0.108. The quantitative estimate of drug-likeness (QED) is 0.762. The number of sulfone groups is 1. The smallest absolute Gasteiger partial charge is 0.317 e. The van der Waals surface area contributed by atoms with Crippen molar-refractivity contribution in [2.75, 3.05) is 31.2 Å². The zero-order chi connectivity index (χ0) is 15.2. The molecule has 1 aliphatic rings. The van der Waals surface area contributed by atoms with Crippen molar-refractivity contribution >= 4 is 15.9 Å². The van der Waals surface area contributed by atoms with Gasteiger partial charge in [-0.3, -0.25) is 0 Å². The van der Waals surface area contributed by atoms with E-state index in [2.05, 4.69) is 5.32 Å². The minimum absolute atomic E-state index is 0.00465. The average Bonchev–Trinajstić information content (AvgIpc) is 2.89. The van der Waals surface area contributed by atoms with Crippen LogP contribution in [0.2, 0.25) is 0 Å².